The van der Waals surface area contributed by atoms with Crippen LogP contribution >= 0.6 is 0 Å². The fourth-order valence-electron chi connectivity index (χ4n) is 2.03. The Hall–Kier alpha value is -2.36. The molecule has 21 heavy (non-hydrogen) atoms. The molecule has 0 saturated carbocycles. The predicted octanol–water partition coefficient (Wildman–Crippen LogP) is 2.88. The lowest BCUT2D eigenvalue weighted by molar-refractivity contribution is 0.0954. The lowest BCUT2D eigenvalue weighted by Crippen LogP contribution is -2.27. The van der Waals surface area contributed by atoms with Crippen molar-refractivity contribution < 1.29 is 4.79 Å². The van der Waals surface area contributed by atoms with Gasteiger partial charge in [-0.1, -0.05) is 37.3 Å². The largest absolute Gasteiger partial charge is 0.369 e. The average Bonchev–Trinajstić information content (AvgIpc) is 2.54. The molecule has 0 aliphatic carbocycles. The van der Waals surface area contributed by atoms with Crippen LogP contribution in [0.1, 0.15) is 29.3 Å². The van der Waals surface area contributed by atoms with E-state index in [1.165, 1.54) is 5.56 Å². The van der Waals surface area contributed by atoms with Gasteiger partial charge in [0.25, 0.3) is 5.91 Å². The first-order chi connectivity index (χ1) is 10.3. The Balaban J connectivity index is 1.91. The van der Waals surface area contributed by atoms with E-state index in [0.29, 0.717) is 17.9 Å². The van der Waals surface area contributed by atoms with Crippen LogP contribution in [0.5, 0.6) is 0 Å². The summed E-state index contributed by atoms with van der Waals surface area (Å²) in [5.74, 6) is 0.564. The Morgan fingerprint density at radius 3 is 2.67 bits per heavy atom. The van der Waals surface area contributed by atoms with E-state index in [1.54, 1.807) is 18.3 Å². The maximum atomic E-state index is 12.2. The number of benzene rings is 1. The molecule has 110 valence electrons. The maximum Gasteiger partial charge on any atom is 0.255 e. The van der Waals surface area contributed by atoms with E-state index in [9.17, 15) is 4.79 Å². The van der Waals surface area contributed by atoms with E-state index in [0.717, 1.165) is 19.4 Å². The number of aromatic nitrogens is 1. The standard InChI is InChI=1S/C17H21N3O/c1-2-11-18-16-15(9-6-12-19-16)17(21)20-13-10-14-7-4-3-5-8-14/h3-9,12H,2,10-11,13H2,1H3,(H,18,19)(H,20,21). The Morgan fingerprint density at radius 2 is 1.90 bits per heavy atom. The zero-order valence-corrected chi connectivity index (χ0v) is 12.3. The van der Waals surface area contributed by atoms with Crippen LogP contribution in [0.15, 0.2) is 48.7 Å². The number of pyridine rings is 1. The first-order valence-corrected chi connectivity index (χ1v) is 7.32. The van der Waals surface area contributed by atoms with Crippen molar-refractivity contribution in [2.45, 2.75) is 19.8 Å². The van der Waals surface area contributed by atoms with Gasteiger partial charge in [-0.15, -0.1) is 0 Å². The number of amides is 1. The van der Waals surface area contributed by atoms with Gasteiger partial charge in [-0.25, -0.2) is 4.98 Å². The maximum absolute atomic E-state index is 12.2. The monoisotopic (exact) mass is 283 g/mol. The Kier molecular flexibility index (Phi) is 5.76. The Labute approximate surface area is 125 Å². The molecule has 0 atom stereocenters. The molecule has 1 aromatic heterocycles. The molecule has 2 aromatic rings. The molecular formula is C17H21N3O. The molecule has 2 rings (SSSR count). The summed E-state index contributed by atoms with van der Waals surface area (Å²) >= 11 is 0. The third-order valence-corrected chi connectivity index (χ3v) is 3.14. The van der Waals surface area contributed by atoms with Crippen LogP contribution < -0.4 is 10.6 Å². The minimum atomic E-state index is -0.0855. The summed E-state index contributed by atoms with van der Waals surface area (Å²) in [6.07, 6.45) is 3.51. The number of anilines is 1. The number of hydrogen-bond donors (Lipinski definition) is 2. The van der Waals surface area contributed by atoms with Gasteiger partial charge in [0.15, 0.2) is 0 Å². The molecule has 0 saturated heterocycles. The fraction of sp³-hybridized carbons (Fsp3) is 0.294. The van der Waals surface area contributed by atoms with E-state index < -0.39 is 0 Å². The molecule has 0 unspecified atom stereocenters. The summed E-state index contributed by atoms with van der Waals surface area (Å²) < 4.78 is 0. The van der Waals surface area contributed by atoms with Gasteiger partial charge in [0, 0.05) is 19.3 Å². The first kappa shape index (κ1) is 15.0. The second kappa shape index (κ2) is 8.04. The smallest absolute Gasteiger partial charge is 0.255 e. The van der Waals surface area contributed by atoms with Gasteiger partial charge in [0.05, 0.1) is 5.56 Å². The Bertz CT molecular complexity index is 569. The van der Waals surface area contributed by atoms with Crippen molar-refractivity contribution in [1.29, 1.82) is 0 Å². The van der Waals surface area contributed by atoms with Crippen LogP contribution in [0.2, 0.25) is 0 Å². The highest BCUT2D eigenvalue weighted by atomic mass is 16.1. The van der Waals surface area contributed by atoms with Gasteiger partial charge in [-0.3, -0.25) is 4.79 Å². The van der Waals surface area contributed by atoms with Crippen molar-refractivity contribution in [2.24, 2.45) is 0 Å². The number of rotatable bonds is 7. The molecule has 0 fully saturated rings. The van der Waals surface area contributed by atoms with E-state index >= 15 is 0 Å². The molecule has 0 aliphatic rings. The molecule has 0 bridgehead atoms. The number of carbonyl (C=O) groups excluding carboxylic acids is 1. The van der Waals surface area contributed by atoms with Crippen molar-refractivity contribution in [2.75, 3.05) is 18.4 Å². The second-order valence-electron chi connectivity index (χ2n) is 4.82. The lowest BCUT2D eigenvalue weighted by atomic mass is 10.1. The number of nitrogens with zero attached hydrogens (tertiary/aromatic N) is 1. The molecule has 4 nitrogen and oxygen atoms in total. The molecule has 2 N–H and O–H groups in total. The van der Waals surface area contributed by atoms with Gasteiger partial charge in [-0.05, 0) is 30.5 Å². The summed E-state index contributed by atoms with van der Waals surface area (Å²) in [6, 6.07) is 13.7. The molecular weight excluding hydrogens is 262 g/mol. The molecule has 0 spiro atoms. The van der Waals surface area contributed by atoms with Crippen molar-refractivity contribution in [1.82, 2.24) is 10.3 Å². The quantitative estimate of drug-likeness (QED) is 0.821. The molecule has 1 amide bonds. The van der Waals surface area contributed by atoms with E-state index in [4.69, 9.17) is 0 Å². The van der Waals surface area contributed by atoms with Gasteiger partial charge in [0.1, 0.15) is 5.82 Å². The van der Waals surface area contributed by atoms with Gasteiger partial charge in [-0.2, -0.15) is 0 Å². The number of nitrogens with one attached hydrogen (secondary N) is 2. The van der Waals surface area contributed by atoms with Crippen LogP contribution in [0.3, 0.4) is 0 Å². The predicted molar refractivity (Wildman–Crippen MR) is 85.5 cm³/mol. The minimum Gasteiger partial charge on any atom is -0.369 e. The molecule has 0 aliphatic heterocycles. The van der Waals surface area contributed by atoms with Gasteiger partial charge >= 0.3 is 0 Å². The zero-order chi connectivity index (χ0) is 14.9. The average molecular weight is 283 g/mol. The third-order valence-electron chi connectivity index (χ3n) is 3.14. The minimum absolute atomic E-state index is 0.0855. The van der Waals surface area contributed by atoms with Crippen molar-refractivity contribution in [3.8, 4) is 0 Å². The summed E-state index contributed by atoms with van der Waals surface area (Å²) in [4.78, 5) is 16.5. The normalized spacial score (nSPS) is 10.1. The van der Waals surface area contributed by atoms with Crippen LogP contribution in [-0.4, -0.2) is 24.0 Å². The number of carbonyl (C=O) groups is 1. The highest BCUT2D eigenvalue weighted by molar-refractivity contribution is 5.98. The van der Waals surface area contributed by atoms with Crippen LogP contribution in [0.4, 0.5) is 5.82 Å². The van der Waals surface area contributed by atoms with Crippen LogP contribution in [0.25, 0.3) is 0 Å². The topological polar surface area (TPSA) is 54.0 Å². The SMILES string of the molecule is CCCNc1ncccc1C(=O)NCCc1ccccc1. The summed E-state index contributed by atoms with van der Waals surface area (Å²) in [6.45, 7) is 3.50. The zero-order valence-electron chi connectivity index (χ0n) is 12.3. The highest BCUT2D eigenvalue weighted by Crippen LogP contribution is 2.11. The van der Waals surface area contributed by atoms with Crippen LogP contribution in [0, 0.1) is 0 Å². The van der Waals surface area contributed by atoms with Crippen LogP contribution in [-0.2, 0) is 6.42 Å². The lowest BCUT2D eigenvalue weighted by Gasteiger charge is -2.10. The summed E-state index contributed by atoms with van der Waals surface area (Å²) in [7, 11) is 0. The van der Waals surface area contributed by atoms with E-state index in [1.807, 2.05) is 18.2 Å². The number of hydrogen-bond acceptors (Lipinski definition) is 3. The van der Waals surface area contributed by atoms with Gasteiger partial charge in [0.2, 0.25) is 0 Å². The highest BCUT2D eigenvalue weighted by Gasteiger charge is 2.11. The molecule has 1 heterocycles. The molecule has 0 radical (unpaired) electrons. The summed E-state index contributed by atoms with van der Waals surface area (Å²) in [5, 5.41) is 6.13. The Morgan fingerprint density at radius 1 is 1.10 bits per heavy atom. The molecule has 1 aromatic carbocycles. The molecule has 4 heteroatoms. The van der Waals surface area contributed by atoms with Crippen molar-refractivity contribution in [3.05, 3.63) is 59.8 Å². The van der Waals surface area contributed by atoms with Gasteiger partial charge < -0.3 is 10.6 Å². The first-order valence-electron chi connectivity index (χ1n) is 7.32. The van der Waals surface area contributed by atoms with Crippen molar-refractivity contribution >= 4 is 11.7 Å². The summed E-state index contributed by atoms with van der Waals surface area (Å²) in [5.41, 5.74) is 1.81. The van der Waals surface area contributed by atoms with E-state index in [-0.39, 0.29) is 5.91 Å². The fourth-order valence-corrected chi connectivity index (χ4v) is 2.03. The van der Waals surface area contributed by atoms with E-state index in [2.05, 4.69) is 34.7 Å². The second-order valence-corrected chi connectivity index (χ2v) is 4.82. The third kappa shape index (κ3) is 4.60. The van der Waals surface area contributed by atoms with Crippen molar-refractivity contribution in [3.63, 3.8) is 0 Å².